The Morgan fingerprint density at radius 2 is 1.81 bits per heavy atom. The molecule has 0 spiro atoms. The Hall–Kier alpha value is -3.28. The maximum atomic E-state index is 11.9. The molecule has 1 aromatic carbocycles. The number of aromatic nitrogens is 3. The Morgan fingerprint density at radius 3 is 2.58 bits per heavy atom. The molecule has 3 aromatic rings. The number of rotatable bonds is 7. The molecule has 0 aliphatic heterocycles. The highest BCUT2D eigenvalue weighted by Crippen LogP contribution is 2.14. The fraction of sp³-hybridized carbons (Fsp3) is 0.200. The van der Waals surface area contributed by atoms with E-state index in [2.05, 4.69) is 25.6 Å². The van der Waals surface area contributed by atoms with Crippen molar-refractivity contribution in [1.29, 1.82) is 0 Å². The number of benzene rings is 1. The summed E-state index contributed by atoms with van der Waals surface area (Å²) in [6.45, 7) is 3.02. The van der Waals surface area contributed by atoms with Gasteiger partial charge in [-0.25, -0.2) is 9.97 Å². The van der Waals surface area contributed by atoms with Crippen molar-refractivity contribution >= 4 is 11.7 Å². The SMILES string of the molecule is Cc1cc(NCCNC(=O)Cc2ccccc2)nc(-c2ccccn2)n1. The predicted molar refractivity (Wildman–Crippen MR) is 102 cm³/mol. The number of hydrogen-bond acceptors (Lipinski definition) is 5. The Labute approximate surface area is 152 Å². The van der Waals surface area contributed by atoms with Gasteiger partial charge in [-0.3, -0.25) is 9.78 Å². The van der Waals surface area contributed by atoms with Crippen LogP contribution in [0.5, 0.6) is 0 Å². The van der Waals surface area contributed by atoms with Gasteiger partial charge in [-0.15, -0.1) is 0 Å². The van der Waals surface area contributed by atoms with Crippen LogP contribution >= 0.6 is 0 Å². The normalized spacial score (nSPS) is 10.3. The molecule has 2 heterocycles. The quantitative estimate of drug-likeness (QED) is 0.642. The lowest BCUT2D eigenvalue weighted by Crippen LogP contribution is -2.30. The van der Waals surface area contributed by atoms with Crippen LogP contribution in [0.25, 0.3) is 11.5 Å². The Bertz CT molecular complexity index is 853. The molecule has 0 bridgehead atoms. The summed E-state index contributed by atoms with van der Waals surface area (Å²) >= 11 is 0. The van der Waals surface area contributed by atoms with E-state index in [0.29, 0.717) is 25.3 Å². The molecule has 0 fully saturated rings. The molecule has 26 heavy (non-hydrogen) atoms. The molecule has 132 valence electrons. The average Bonchev–Trinajstić information content (AvgIpc) is 2.66. The number of carbonyl (C=O) groups is 1. The van der Waals surface area contributed by atoms with Gasteiger partial charge in [0.2, 0.25) is 5.91 Å². The zero-order valence-corrected chi connectivity index (χ0v) is 14.6. The third kappa shape index (κ3) is 5.11. The van der Waals surface area contributed by atoms with Crippen LogP contribution in [0.2, 0.25) is 0 Å². The molecule has 3 rings (SSSR count). The summed E-state index contributed by atoms with van der Waals surface area (Å²) in [5.41, 5.74) is 2.59. The first-order valence-electron chi connectivity index (χ1n) is 8.52. The largest absolute Gasteiger partial charge is 0.368 e. The lowest BCUT2D eigenvalue weighted by molar-refractivity contribution is -0.120. The van der Waals surface area contributed by atoms with Gasteiger partial charge < -0.3 is 10.6 Å². The van der Waals surface area contributed by atoms with Crippen LogP contribution in [0.15, 0.2) is 60.8 Å². The van der Waals surface area contributed by atoms with Crippen LogP contribution in [0.4, 0.5) is 5.82 Å². The lowest BCUT2D eigenvalue weighted by Gasteiger charge is -2.09. The van der Waals surface area contributed by atoms with E-state index in [4.69, 9.17) is 0 Å². The van der Waals surface area contributed by atoms with Crippen LogP contribution in [-0.2, 0) is 11.2 Å². The lowest BCUT2D eigenvalue weighted by atomic mass is 10.1. The van der Waals surface area contributed by atoms with Gasteiger partial charge >= 0.3 is 0 Å². The van der Waals surface area contributed by atoms with E-state index in [0.717, 1.165) is 22.8 Å². The Balaban J connectivity index is 1.50. The van der Waals surface area contributed by atoms with Gasteiger partial charge in [0.05, 0.1) is 6.42 Å². The molecule has 0 saturated carbocycles. The van der Waals surface area contributed by atoms with E-state index < -0.39 is 0 Å². The number of aryl methyl sites for hydroxylation is 1. The number of nitrogens with one attached hydrogen (secondary N) is 2. The second-order valence-electron chi connectivity index (χ2n) is 5.87. The van der Waals surface area contributed by atoms with Gasteiger partial charge in [-0.05, 0) is 24.6 Å². The summed E-state index contributed by atoms with van der Waals surface area (Å²) in [5, 5.41) is 6.13. The van der Waals surface area contributed by atoms with Crippen LogP contribution < -0.4 is 10.6 Å². The summed E-state index contributed by atoms with van der Waals surface area (Å²) in [6.07, 6.45) is 2.10. The van der Waals surface area contributed by atoms with E-state index in [1.165, 1.54) is 0 Å². The van der Waals surface area contributed by atoms with Crippen molar-refractivity contribution in [3.05, 3.63) is 72.1 Å². The van der Waals surface area contributed by atoms with Gasteiger partial charge in [-0.2, -0.15) is 0 Å². The monoisotopic (exact) mass is 347 g/mol. The minimum Gasteiger partial charge on any atom is -0.368 e. The molecular weight excluding hydrogens is 326 g/mol. The second kappa shape index (κ2) is 8.71. The molecule has 2 N–H and O–H groups in total. The molecule has 2 aromatic heterocycles. The van der Waals surface area contributed by atoms with Crippen molar-refractivity contribution in [2.45, 2.75) is 13.3 Å². The summed E-state index contributed by atoms with van der Waals surface area (Å²) in [5.74, 6) is 1.31. The van der Waals surface area contributed by atoms with Crippen LogP contribution in [-0.4, -0.2) is 33.9 Å². The van der Waals surface area contributed by atoms with Crippen LogP contribution in [0.3, 0.4) is 0 Å². The zero-order chi connectivity index (χ0) is 18.2. The van der Waals surface area contributed by atoms with E-state index >= 15 is 0 Å². The molecule has 6 heteroatoms. The van der Waals surface area contributed by atoms with Gasteiger partial charge in [0.15, 0.2) is 5.82 Å². The highest BCUT2D eigenvalue weighted by Gasteiger charge is 2.06. The van der Waals surface area contributed by atoms with E-state index in [1.54, 1.807) is 6.20 Å². The topological polar surface area (TPSA) is 79.8 Å². The van der Waals surface area contributed by atoms with Gasteiger partial charge in [-0.1, -0.05) is 36.4 Å². The van der Waals surface area contributed by atoms with Gasteiger partial charge in [0.25, 0.3) is 0 Å². The Kier molecular flexibility index (Phi) is 5.88. The average molecular weight is 347 g/mol. The smallest absolute Gasteiger partial charge is 0.224 e. The number of anilines is 1. The summed E-state index contributed by atoms with van der Waals surface area (Å²) in [4.78, 5) is 25.1. The highest BCUT2D eigenvalue weighted by molar-refractivity contribution is 5.78. The van der Waals surface area contributed by atoms with Crippen molar-refractivity contribution in [2.24, 2.45) is 0 Å². The minimum absolute atomic E-state index is 0.00560. The number of pyridine rings is 1. The molecule has 6 nitrogen and oxygen atoms in total. The molecular formula is C20H21N5O. The number of carbonyl (C=O) groups excluding carboxylic acids is 1. The van der Waals surface area contributed by atoms with Crippen molar-refractivity contribution in [2.75, 3.05) is 18.4 Å². The van der Waals surface area contributed by atoms with Crippen molar-refractivity contribution < 1.29 is 4.79 Å². The maximum absolute atomic E-state index is 11.9. The van der Waals surface area contributed by atoms with Crippen LogP contribution in [0, 0.1) is 6.92 Å². The van der Waals surface area contributed by atoms with E-state index in [9.17, 15) is 4.79 Å². The van der Waals surface area contributed by atoms with Crippen molar-refractivity contribution in [3.63, 3.8) is 0 Å². The maximum Gasteiger partial charge on any atom is 0.224 e. The summed E-state index contributed by atoms with van der Waals surface area (Å²) in [6, 6.07) is 17.2. The highest BCUT2D eigenvalue weighted by atomic mass is 16.1. The van der Waals surface area contributed by atoms with Gasteiger partial charge in [0.1, 0.15) is 11.5 Å². The molecule has 0 radical (unpaired) electrons. The molecule has 1 amide bonds. The molecule has 0 unspecified atom stereocenters. The summed E-state index contributed by atoms with van der Waals surface area (Å²) in [7, 11) is 0. The number of amides is 1. The number of nitrogens with zero attached hydrogens (tertiary/aromatic N) is 3. The molecule has 0 atom stereocenters. The molecule has 0 aliphatic carbocycles. The first-order valence-corrected chi connectivity index (χ1v) is 8.52. The second-order valence-corrected chi connectivity index (χ2v) is 5.87. The van der Waals surface area contributed by atoms with Crippen molar-refractivity contribution in [1.82, 2.24) is 20.3 Å². The standard InChI is InChI=1S/C20H21N5O/c1-15-13-18(25-20(24-15)17-9-5-6-10-21-17)22-11-12-23-19(26)14-16-7-3-2-4-8-16/h2-10,13H,11-12,14H2,1H3,(H,23,26)(H,22,24,25). The first kappa shape index (κ1) is 17.5. The summed E-state index contributed by atoms with van der Waals surface area (Å²) < 4.78 is 0. The molecule has 0 aliphatic rings. The number of hydrogen-bond donors (Lipinski definition) is 2. The van der Waals surface area contributed by atoms with Crippen molar-refractivity contribution in [3.8, 4) is 11.5 Å². The Morgan fingerprint density at radius 1 is 1.00 bits per heavy atom. The predicted octanol–water partition coefficient (Wildman–Crippen LogP) is 2.62. The zero-order valence-electron chi connectivity index (χ0n) is 14.6. The van der Waals surface area contributed by atoms with Gasteiger partial charge in [0, 0.05) is 31.0 Å². The van der Waals surface area contributed by atoms with E-state index in [-0.39, 0.29) is 5.91 Å². The van der Waals surface area contributed by atoms with Crippen LogP contribution in [0.1, 0.15) is 11.3 Å². The van der Waals surface area contributed by atoms with E-state index in [1.807, 2.05) is 61.5 Å². The molecule has 0 saturated heterocycles. The third-order valence-corrected chi connectivity index (χ3v) is 3.71. The first-order chi connectivity index (χ1) is 12.7. The minimum atomic E-state index is 0.00560. The fourth-order valence-corrected chi connectivity index (χ4v) is 2.50. The third-order valence-electron chi connectivity index (χ3n) is 3.71. The fourth-order valence-electron chi connectivity index (χ4n) is 2.50.